The van der Waals surface area contributed by atoms with Crippen molar-refractivity contribution in [1.82, 2.24) is 14.5 Å². The molecule has 0 bridgehead atoms. The fourth-order valence-electron chi connectivity index (χ4n) is 2.65. The first kappa shape index (κ1) is 14.1. The minimum atomic E-state index is -0.133. The zero-order chi connectivity index (χ0) is 14.8. The Morgan fingerprint density at radius 1 is 1.19 bits per heavy atom. The van der Waals surface area contributed by atoms with E-state index < -0.39 is 0 Å². The summed E-state index contributed by atoms with van der Waals surface area (Å²) in [6.45, 7) is 4.81. The van der Waals surface area contributed by atoms with Gasteiger partial charge in [0.05, 0.1) is 28.6 Å². The van der Waals surface area contributed by atoms with Crippen molar-refractivity contribution in [3.05, 3.63) is 59.7 Å². The number of hydrogen-bond acceptors (Lipinski definition) is 2. The van der Waals surface area contributed by atoms with Crippen LogP contribution in [0.5, 0.6) is 0 Å². The third-order valence-electron chi connectivity index (χ3n) is 3.71. The Morgan fingerprint density at radius 3 is 2.76 bits per heavy atom. The van der Waals surface area contributed by atoms with Crippen LogP contribution in [0.2, 0.25) is 0 Å². The topological polar surface area (TPSA) is 30.7 Å². The van der Waals surface area contributed by atoms with Crippen LogP contribution in [0.3, 0.4) is 0 Å². The van der Waals surface area contributed by atoms with Crippen LogP contribution in [0.4, 0.5) is 0 Å². The molecular formula is C17H18ClN3. The van der Waals surface area contributed by atoms with E-state index in [0.29, 0.717) is 6.54 Å². The number of para-hydroxylation sites is 2. The lowest BCUT2D eigenvalue weighted by Gasteiger charge is -2.12. The highest BCUT2D eigenvalue weighted by molar-refractivity contribution is 6.20. The third-order valence-corrected chi connectivity index (χ3v) is 3.91. The van der Waals surface area contributed by atoms with Gasteiger partial charge in [0.15, 0.2) is 0 Å². The predicted molar refractivity (Wildman–Crippen MR) is 86.7 cm³/mol. The molecule has 1 unspecified atom stereocenters. The van der Waals surface area contributed by atoms with E-state index in [-0.39, 0.29) is 5.38 Å². The van der Waals surface area contributed by atoms with Crippen molar-refractivity contribution in [2.75, 3.05) is 0 Å². The van der Waals surface area contributed by atoms with Crippen LogP contribution in [0, 0.1) is 0 Å². The average Bonchev–Trinajstić information content (AvgIpc) is 2.87. The lowest BCUT2D eigenvalue weighted by molar-refractivity contribution is 0.719. The fraction of sp³-hybridized carbons (Fsp3) is 0.294. The number of pyridine rings is 1. The van der Waals surface area contributed by atoms with E-state index in [1.165, 1.54) is 5.56 Å². The first-order valence-electron chi connectivity index (χ1n) is 7.22. The molecule has 0 radical (unpaired) electrons. The number of aryl methyl sites for hydroxylation is 1. The van der Waals surface area contributed by atoms with Gasteiger partial charge in [0.2, 0.25) is 0 Å². The molecule has 0 fully saturated rings. The van der Waals surface area contributed by atoms with Gasteiger partial charge in [-0.1, -0.05) is 25.1 Å². The Hall–Kier alpha value is -1.87. The van der Waals surface area contributed by atoms with Crippen molar-refractivity contribution in [2.45, 2.75) is 32.2 Å². The highest BCUT2D eigenvalue weighted by Gasteiger charge is 2.16. The smallest absolute Gasteiger partial charge is 0.128 e. The highest BCUT2D eigenvalue weighted by Crippen LogP contribution is 2.25. The van der Waals surface area contributed by atoms with Gasteiger partial charge in [0, 0.05) is 6.20 Å². The lowest BCUT2D eigenvalue weighted by Crippen LogP contribution is -2.09. The van der Waals surface area contributed by atoms with Gasteiger partial charge in [0.25, 0.3) is 0 Å². The summed E-state index contributed by atoms with van der Waals surface area (Å²) in [5.41, 5.74) is 4.44. The molecule has 0 saturated carbocycles. The number of fused-ring (bicyclic) bond motifs is 1. The van der Waals surface area contributed by atoms with Crippen molar-refractivity contribution in [3.63, 3.8) is 0 Å². The molecule has 0 aliphatic rings. The Bertz CT molecular complexity index is 762. The van der Waals surface area contributed by atoms with Crippen LogP contribution >= 0.6 is 11.6 Å². The Morgan fingerprint density at radius 2 is 2.00 bits per heavy atom. The van der Waals surface area contributed by atoms with Crippen LogP contribution < -0.4 is 0 Å². The number of alkyl halides is 1. The first-order valence-corrected chi connectivity index (χ1v) is 7.66. The van der Waals surface area contributed by atoms with Crippen molar-refractivity contribution in [2.24, 2.45) is 0 Å². The molecule has 2 heterocycles. The molecule has 3 nitrogen and oxygen atoms in total. The van der Waals surface area contributed by atoms with Crippen molar-refractivity contribution < 1.29 is 0 Å². The molecule has 4 heteroatoms. The normalized spacial score (nSPS) is 12.7. The number of imidazole rings is 1. The maximum atomic E-state index is 6.32. The maximum Gasteiger partial charge on any atom is 0.128 e. The minimum Gasteiger partial charge on any atom is -0.321 e. The summed E-state index contributed by atoms with van der Waals surface area (Å²) in [5, 5.41) is -0.133. The molecule has 108 valence electrons. The minimum absolute atomic E-state index is 0.133. The van der Waals surface area contributed by atoms with Crippen molar-refractivity contribution >= 4 is 22.6 Å². The highest BCUT2D eigenvalue weighted by atomic mass is 35.5. The standard InChI is InChI=1S/C17H18ClN3/c1-3-13-7-6-10-19-15(13)11-21-16-9-5-4-8-14(16)20-17(21)12(2)18/h4-10,12H,3,11H2,1-2H3. The lowest BCUT2D eigenvalue weighted by atomic mass is 10.1. The van der Waals surface area contributed by atoms with E-state index in [1.54, 1.807) is 0 Å². The summed E-state index contributed by atoms with van der Waals surface area (Å²) in [5.74, 6) is 0.894. The van der Waals surface area contributed by atoms with E-state index in [2.05, 4.69) is 33.6 Å². The third kappa shape index (κ3) is 2.66. The zero-order valence-corrected chi connectivity index (χ0v) is 13.0. The van der Waals surface area contributed by atoms with E-state index in [0.717, 1.165) is 29.0 Å². The number of aromatic nitrogens is 3. The quantitative estimate of drug-likeness (QED) is 0.671. The summed E-state index contributed by atoms with van der Waals surface area (Å²) < 4.78 is 2.18. The van der Waals surface area contributed by atoms with Gasteiger partial charge in [0.1, 0.15) is 5.82 Å². The van der Waals surface area contributed by atoms with Gasteiger partial charge >= 0.3 is 0 Å². The van der Waals surface area contributed by atoms with E-state index >= 15 is 0 Å². The average molecular weight is 300 g/mol. The Labute approximate surface area is 129 Å². The number of halogens is 1. The second-order valence-electron chi connectivity index (χ2n) is 5.12. The number of benzene rings is 1. The van der Waals surface area contributed by atoms with Gasteiger partial charge in [-0.2, -0.15) is 0 Å². The molecule has 3 aromatic rings. The van der Waals surface area contributed by atoms with Crippen LogP contribution in [-0.2, 0) is 13.0 Å². The van der Waals surface area contributed by atoms with Crippen LogP contribution in [-0.4, -0.2) is 14.5 Å². The molecule has 21 heavy (non-hydrogen) atoms. The van der Waals surface area contributed by atoms with Crippen molar-refractivity contribution in [1.29, 1.82) is 0 Å². The zero-order valence-electron chi connectivity index (χ0n) is 12.3. The summed E-state index contributed by atoms with van der Waals surface area (Å²) in [7, 11) is 0. The molecule has 2 aromatic heterocycles. The predicted octanol–water partition coefficient (Wildman–Crippen LogP) is 4.34. The van der Waals surface area contributed by atoms with Gasteiger partial charge in [-0.15, -0.1) is 11.6 Å². The monoisotopic (exact) mass is 299 g/mol. The molecule has 0 saturated heterocycles. The molecule has 3 rings (SSSR count). The van der Waals surface area contributed by atoms with Gasteiger partial charge in [-0.3, -0.25) is 4.98 Å². The Kier molecular flexibility index (Phi) is 3.93. The van der Waals surface area contributed by atoms with Gasteiger partial charge in [-0.05, 0) is 37.1 Å². The van der Waals surface area contributed by atoms with Gasteiger partial charge in [-0.25, -0.2) is 4.98 Å². The molecule has 0 aliphatic heterocycles. The second kappa shape index (κ2) is 5.86. The van der Waals surface area contributed by atoms with E-state index in [9.17, 15) is 0 Å². The maximum absolute atomic E-state index is 6.32. The van der Waals surface area contributed by atoms with E-state index in [1.807, 2.05) is 37.4 Å². The molecule has 0 spiro atoms. The van der Waals surface area contributed by atoms with Crippen LogP contribution in [0.25, 0.3) is 11.0 Å². The SMILES string of the molecule is CCc1cccnc1Cn1c(C(C)Cl)nc2ccccc21. The van der Waals surface area contributed by atoms with Crippen LogP contribution in [0.1, 0.15) is 36.3 Å². The molecule has 0 aliphatic carbocycles. The van der Waals surface area contributed by atoms with Crippen molar-refractivity contribution in [3.8, 4) is 0 Å². The molecular weight excluding hydrogens is 282 g/mol. The number of hydrogen-bond donors (Lipinski definition) is 0. The fourth-order valence-corrected chi connectivity index (χ4v) is 2.82. The molecule has 1 atom stereocenters. The second-order valence-corrected chi connectivity index (χ2v) is 5.78. The largest absolute Gasteiger partial charge is 0.321 e. The summed E-state index contributed by atoms with van der Waals surface area (Å²) in [6.07, 6.45) is 2.82. The number of rotatable bonds is 4. The Balaban J connectivity index is 2.13. The van der Waals surface area contributed by atoms with E-state index in [4.69, 9.17) is 11.6 Å². The molecule has 0 amide bonds. The summed E-state index contributed by atoms with van der Waals surface area (Å²) >= 11 is 6.32. The van der Waals surface area contributed by atoms with Crippen LogP contribution in [0.15, 0.2) is 42.6 Å². The first-order chi connectivity index (χ1) is 10.2. The summed E-state index contributed by atoms with van der Waals surface area (Å²) in [6, 6.07) is 12.3. The van der Waals surface area contributed by atoms with Gasteiger partial charge < -0.3 is 4.57 Å². The molecule has 0 N–H and O–H groups in total. The number of nitrogens with zero attached hydrogens (tertiary/aromatic N) is 3. The molecule has 1 aromatic carbocycles. The summed E-state index contributed by atoms with van der Waals surface area (Å²) in [4.78, 5) is 9.21.